The summed E-state index contributed by atoms with van der Waals surface area (Å²) in [7, 11) is 0. The molecule has 4 fully saturated rings. The number of ketones is 1. The number of carbonyl (C=O) groups excluding carboxylic acids is 1. The van der Waals surface area contributed by atoms with E-state index in [1.54, 1.807) is 24.5 Å². The van der Waals surface area contributed by atoms with Crippen molar-refractivity contribution in [2.24, 2.45) is 5.41 Å². The first-order chi connectivity index (χ1) is 16.0. The number of benzene rings is 1. The number of hydrogen-bond acceptors (Lipinski definition) is 5. The first-order valence-electron chi connectivity index (χ1n) is 11.5. The van der Waals surface area contributed by atoms with Gasteiger partial charge >= 0.3 is 6.36 Å². The van der Waals surface area contributed by atoms with Crippen molar-refractivity contribution in [3.05, 3.63) is 47.0 Å². The Kier molecular flexibility index (Phi) is 4.90. The van der Waals surface area contributed by atoms with E-state index in [1.165, 1.54) is 0 Å². The summed E-state index contributed by atoms with van der Waals surface area (Å²) in [6.45, 7) is 0. The average molecular weight is 497 g/mol. The van der Waals surface area contributed by atoms with E-state index in [0.29, 0.717) is 35.6 Å². The molecule has 2 aromatic rings. The quantitative estimate of drug-likeness (QED) is 0.606. The van der Waals surface area contributed by atoms with Crippen molar-refractivity contribution in [1.29, 1.82) is 0 Å². The van der Waals surface area contributed by atoms with Crippen LogP contribution in [0.2, 0.25) is 5.02 Å². The van der Waals surface area contributed by atoms with Crippen LogP contribution in [0.4, 0.5) is 13.2 Å². The fourth-order valence-electron chi connectivity index (χ4n) is 6.40. The molecule has 0 amide bonds. The van der Waals surface area contributed by atoms with Crippen LogP contribution in [0.25, 0.3) is 0 Å². The lowest BCUT2D eigenvalue weighted by Crippen LogP contribution is -2.68. The molecule has 7 rings (SSSR count). The predicted molar refractivity (Wildman–Crippen MR) is 114 cm³/mol. The highest BCUT2D eigenvalue weighted by Gasteiger charge is 2.69. The maximum Gasteiger partial charge on any atom is 0.522 e. The number of ether oxygens (including phenoxy) is 2. The fourth-order valence-corrected chi connectivity index (χ4v) is 6.58. The third-order valence-electron chi connectivity index (χ3n) is 8.02. The van der Waals surface area contributed by atoms with Crippen molar-refractivity contribution in [3.63, 3.8) is 0 Å². The Morgan fingerprint density at radius 2 is 2.00 bits per heavy atom. The molecule has 6 nitrogen and oxygen atoms in total. The number of Topliss-reactive ketones (excluding diaryl/α,β-unsaturated/α-hetero) is 1. The van der Waals surface area contributed by atoms with Gasteiger partial charge in [0.05, 0.1) is 24.2 Å². The van der Waals surface area contributed by atoms with E-state index >= 15 is 0 Å². The molecule has 10 heteroatoms. The van der Waals surface area contributed by atoms with Gasteiger partial charge in [-0.3, -0.25) is 9.53 Å². The van der Waals surface area contributed by atoms with Crippen LogP contribution in [-0.4, -0.2) is 39.0 Å². The topological polar surface area (TPSA) is 73.6 Å². The van der Waals surface area contributed by atoms with Gasteiger partial charge in [0.1, 0.15) is 5.75 Å². The molecule has 2 heterocycles. The van der Waals surface area contributed by atoms with Crippen molar-refractivity contribution in [1.82, 2.24) is 9.55 Å². The van der Waals surface area contributed by atoms with Gasteiger partial charge < -0.3 is 14.4 Å². The SMILES string of the molecule is O=C(CC12CC(n3cnc(C4CC(OC(F)(F)F)C4)c3)(C1)C2)[C@H]1C[C@@H](O)c2cc(Cl)ccc2O1. The molecule has 0 unspecified atom stereocenters. The van der Waals surface area contributed by atoms with Gasteiger partial charge in [-0.25, -0.2) is 4.98 Å². The molecule has 2 atom stereocenters. The lowest BCUT2D eigenvalue weighted by atomic mass is 9.38. The van der Waals surface area contributed by atoms with Gasteiger partial charge in [-0.2, -0.15) is 0 Å². The highest BCUT2D eigenvalue weighted by atomic mass is 35.5. The minimum atomic E-state index is -4.59. The molecule has 1 aliphatic heterocycles. The molecule has 2 bridgehead atoms. The summed E-state index contributed by atoms with van der Waals surface area (Å²) >= 11 is 6.00. The van der Waals surface area contributed by atoms with Crippen molar-refractivity contribution in [2.45, 2.75) is 81.1 Å². The zero-order valence-electron chi connectivity index (χ0n) is 18.2. The van der Waals surface area contributed by atoms with Crippen LogP contribution in [0.1, 0.15) is 68.2 Å². The molecule has 1 aromatic heterocycles. The normalized spacial score (nSPS) is 35.9. The summed E-state index contributed by atoms with van der Waals surface area (Å²) in [4.78, 5) is 17.4. The standard InChI is InChI=1S/C24H24ClF3N2O4/c25-14-1-2-20-16(5-14)18(31)6-21(33-20)19(32)7-22-9-23(10-22,11-22)30-8-17(29-12-30)13-3-15(4-13)34-24(26,27)28/h1-2,5,8,12-13,15,18,21,31H,3-4,6-7,9-11H2/t13?,15?,18-,21-,22?,23?/m1/s1. The molecule has 182 valence electrons. The number of aromatic nitrogens is 2. The fraction of sp³-hybridized carbons (Fsp3) is 0.583. The Balaban J connectivity index is 1.03. The Morgan fingerprint density at radius 1 is 1.26 bits per heavy atom. The Hall–Kier alpha value is -2.10. The Labute approximate surface area is 199 Å². The van der Waals surface area contributed by atoms with Crippen molar-refractivity contribution in [3.8, 4) is 5.75 Å². The lowest BCUT2D eigenvalue weighted by Gasteiger charge is -2.71. The number of carbonyl (C=O) groups is 1. The Morgan fingerprint density at radius 3 is 2.71 bits per heavy atom. The third-order valence-corrected chi connectivity index (χ3v) is 8.26. The summed E-state index contributed by atoms with van der Waals surface area (Å²) in [6.07, 6.45) is 0.765. The Bertz CT molecular complexity index is 1120. The number of fused-ring (bicyclic) bond motifs is 1. The third kappa shape index (κ3) is 3.72. The number of aliphatic hydroxyl groups is 1. The largest absolute Gasteiger partial charge is 0.522 e. The van der Waals surface area contributed by atoms with Crippen molar-refractivity contribution in [2.75, 3.05) is 0 Å². The number of alkyl halides is 3. The van der Waals surface area contributed by atoms with Crippen LogP contribution in [-0.2, 0) is 15.1 Å². The molecule has 1 aromatic carbocycles. The zero-order chi connectivity index (χ0) is 23.9. The average Bonchev–Trinajstić information content (AvgIpc) is 3.14. The monoisotopic (exact) mass is 496 g/mol. The van der Waals surface area contributed by atoms with E-state index < -0.39 is 24.7 Å². The number of imidazole rings is 1. The minimum Gasteiger partial charge on any atom is -0.482 e. The summed E-state index contributed by atoms with van der Waals surface area (Å²) in [5.74, 6) is 0.494. The van der Waals surface area contributed by atoms with Gasteiger partial charge in [-0.05, 0) is 55.7 Å². The summed E-state index contributed by atoms with van der Waals surface area (Å²) in [6, 6.07) is 5.03. The van der Waals surface area contributed by atoms with Crippen molar-refractivity contribution < 1.29 is 32.5 Å². The van der Waals surface area contributed by atoms with Crippen LogP contribution >= 0.6 is 11.6 Å². The molecule has 34 heavy (non-hydrogen) atoms. The number of nitrogens with zero attached hydrogens (tertiary/aromatic N) is 2. The molecule has 0 radical (unpaired) electrons. The molecule has 5 aliphatic rings. The number of rotatable bonds is 6. The van der Waals surface area contributed by atoms with E-state index in [4.69, 9.17) is 16.3 Å². The van der Waals surface area contributed by atoms with E-state index in [9.17, 15) is 23.1 Å². The minimum absolute atomic E-state index is 0.00412. The molecular weight excluding hydrogens is 473 g/mol. The maximum atomic E-state index is 13.0. The van der Waals surface area contributed by atoms with Crippen LogP contribution < -0.4 is 4.74 Å². The molecule has 4 aliphatic carbocycles. The van der Waals surface area contributed by atoms with Crippen LogP contribution in [0, 0.1) is 5.41 Å². The van der Waals surface area contributed by atoms with Gasteiger partial charge in [0.2, 0.25) is 0 Å². The first kappa shape index (κ1) is 22.4. The number of halogens is 4. The smallest absolute Gasteiger partial charge is 0.482 e. The summed E-state index contributed by atoms with van der Waals surface area (Å²) in [5, 5.41) is 11.0. The van der Waals surface area contributed by atoms with Gasteiger partial charge in [-0.15, -0.1) is 13.2 Å². The van der Waals surface area contributed by atoms with Crippen LogP contribution in [0.5, 0.6) is 5.75 Å². The molecule has 0 saturated heterocycles. The highest BCUT2D eigenvalue weighted by molar-refractivity contribution is 6.30. The zero-order valence-corrected chi connectivity index (χ0v) is 19.0. The second-order valence-electron chi connectivity index (χ2n) is 10.5. The summed E-state index contributed by atoms with van der Waals surface area (Å²) < 4.78 is 49.0. The first-order valence-corrected chi connectivity index (χ1v) is 11.9. The lowest BCUT2D eigenvalue weighted by molar-refractivity contribution is -0.351. The maximum absolute atomic E-state index is 13.0. The van der Waals surface area contributed by atoms with Gasteiger partial charge in [0.15, 0.2) is 11.9 Å². The van der Waals surface area contributed by atoms with E-state index in [-0.39, 0.29) is 29.1 Å². The molecular formula is C24H24ClF3N2O4. The molecule has 1 N–H and O–H groups in total. The summed E-state index contributed by atoms with van der Waals surface area (Å²) in [5.41, 5.74) is 1.32. The molecule has 4 saturated carbocycles. The van der Waals surface area contributed by atoms with Gasteiger partial charge in [0, 0.05) is 41.1 Å². The van der Waals surface area contributed by atoms with Crippen LogP contribution in [0.15, 0.2) is 30.7 Å². The van der Waals surface area contributed by atoms with Crippen LogP contribution in [0.3, 0.4) is 0 Å². The van der Waals surface area contributed by atoms with Gasteiger partial charge in [0.25, 0.3) is 0 Å². The van der Waals surface area contributed by atoms with Gasteiger partial charge in [-0.1, -0.05) is 11.6 Å². The number of aliphatic hydroxyl groups excluding tert-OH is 1. The number of hydrogen-bond donors (Lipinski definition) is 1. The van der Waals surface area contributed by atoms with E-state index in [1.807, 2.05) is 6.20 Å². The second kappa shape index (κ2) is 7.45. The molecule has 0 spiro atoms. The van der Waals surface area contributed by atoms with Crippen molar-refractivity contribution >= 4 is 17.4 Å². The predicted octanol–water partition coefficient (Wildman–Crippen LogP) is 5.04. The highest BCUT2D eigenvalue weighted by Crippen LogP contribution is 2.73. The second-order valence-corrected chi connectivity index (χ2v) is 10.9. The van der Waals surface area contributed by atoms with E-state index in [2.05, 4.69) is 14.3 Å². The van der Waals surface area contributed by atoms with E-state index in [0.717, 1.165) is 25.0 Å².